The lowest BCUT2D eigenvalue weighted by molar-refractivity contribution is 0.300. The van der Waals surface area contributed by atoms with Gasteiger partial charge >= 0.3 is 0 Å². The van der Waals surface area contributed by atoms with Crippen LogP contribution in [0.15, 0.2) is 76.1 Å². The summed E-state index contributed by atoms with van der Waals surface area (Å²) in [4.78, 5) is 13.0. The summed E-state index contributed by atoms with van der Waals surface area (Å²) in [5, 5.41) is 0.417. The van der Waals surface area contributed by atoms with Crippen LogP contribution in [0, 0.1) is 5.82 Å². The van der Waals surface area contributed by atoms with Crippen molar-refractivity contribution in [2.75, 3.05) is 14.2 Å². The average Bonchev–Trinajstić information content (AvgIpc) is 2.78. The number of hydrogen-bond acceptors (Lipinski definition) is 5. The van der Waals surface area contributed by atoms with Gasteiger partial charge in [0.2, 0.25) is 0 Å². The Labute approximate surface area is 172 Å². The molecule has 1 aromatic heterocycles. The molecule has 0 aliphatic carbocycles. The fourth-order valence-electron chi connectivity index (χ4n) is 3.18. The topological polar surface area (TPSA) is 57.9 Å². The molecule has 0 aliphatic heterocycles. The molecule has 0 saturated heterocycles. The second kappa shape index (κ2) is 8.29. The molecule has 0 unspecified atom stereocenters. The summed E-state index contributed by atoms with van der Waals surface area (Å²) in [6, 6.07) is 16.6. The van der Waals surface area contributed by atoms with E-state index in [0.717, 1.165) is 0 Å². The molecule has 0 bridgehead atoms. The lowest BCUT2D eigenvalue weighted by atomic mass is 10.0. The Morgan fingerprint density at radius 2 is 1.73 bits per heavy atom. The highest BCUT2D eigenvalue weighted by Crippen LogP contribution is 2.32. The largest absolute Gasteiger partial charge is 0.493 e. The highest BCUT2D eigenvalue weighted by molar-refractivity contribution is 5.83. The Hall–Kier alpha value is -3.80. The van der Waals surface area contributed by atoms with Gasteiger partial charge in [0.25, 0.3) is 0 Å². The van der Waals surface area contributed by atoms with Crippen LogP contribution < -0.4 is 19.6 Å². The zero-order valence-corrected chi connectivity index (χ0v) is 16.5. The lowest BCUT2D eigenvalue weighted by Gasteiger charge is -2.10. The van der Waals surface area contributed by atoms with E-state index in [2.05, 4.69) is 0 Å². The minimum atomic E-state index is -0.329. The third kappa shape index (κ3) is 3.72. The van der Waals surface area contributed by atoms with Crippen LogP contribution in [-0.2, 0) is 6.61 Å². The smallest absolute Gasteiger partial charge is 0.200 e. The third-order valence-corrected chi connectivity index (χ3v) is 4.79. The normalized spacial score (nSPS) is 10.8. The number of halogens is 1. The molecule has 6 heteroatoms. The first-order valence-corrected chi connectivity index (χ1v) is 9.25. The van der Waals surface area contributed by atoms with E-state index in [1.54, 1.807) is 61.7 Å². The number of hydrogen-bond donors (Lipinski definition) is 0. The van der Waals surface area contributed by atoms with E-state index in [1.807, 2.05) is 0 Å². The second-order valence-electron chi connectivity index (χ2n) is 6.59. The van der Waals surface area contributed by atoms with Gasteiger partial charge in [-0.05, 0) is 35.9 Å². The monoisotopic (exact) mass is 406 g/mol. The van der Waals surface area contributed by atoms with Crippen LogP contribution in [0.4, 0.5) is 4.39 Å². The number of methoxy groups -OCH3 is 2. The maximum atomic E-state index is 13.7. The van der Waals surface area contributed by atoms with Crippen molar-refractivity contribution in [3.8, 4) is 28.4 Å². The molecule has 0 fully saturated rings. The summed E-state index contributed by atoms with van der Waals surface area (Å²) < 4.78 is 35.7. The number of ether oxygens (including phenoxy) is 3. The molecule has 5 nitrogen and oxygen atoms in total. The predicted octanol–water partition coefficient (Wildman–Crippen LogP) is 5.20. The van der Waals surface area contributed by atoms with Crippen LogP contribution >= 0.6 is 0 Å². The first-order valence-electron chi connectivity index (χ1n) is 9.25. The van der Waals surface area contributed by atoms with Crippen molar-refractivity contribution in [2.24, 2.45) is 0 Å². The Morgan fingerprint density at radius 1 is 0.933 bits per heavy atom. The Balaban J connectivity index is 1.65. The molecule has 0 amide bonds. The van der Waals surface area contributed by atoms with Gasteiger partial charge in [0.15, 0.2) is 16.9 Å². The molecular weight excluding hydrogens is 387 g/mol. The molecule has 4 rings (SSSR count). The van der Waals surface area contributed by atoms with Crippen LogP contribution in [0.1, 0.15) is 5.56 Å². The summed E-state index contributed by atoms with van der Waals surface area (Å²) in [6.07, 6.45) is 1.41. The van der Waals surface area contributed by atoms with Crippen molar-refractivity contribution in [3.63, 3.8) is 0 Å². The van der Waals surface area contributed by atoms with Gasteiger partial charge in [0.05, 0.1) is 25.2 Å². The van der Waals surface area contributed by atoms with E-state index in [-0.39, 0.29) is 17.9 Å². The molecule has 0 spiro atoms. The van der Waals surface area contributed by atoms with Gasteiger partial charge in [-0.15, -0.1) is 0 Å². The molecule has 3 aromatic carbocycles. The predicted molar refractivity (Wildman–Crippen MR) is 112 cm³/mol. The third-order valence-electron chi connectivity index (χ3n) is 4.79. The molecule has 1 heterocycles. The van der Waals surface area contributed by atoms with Crippen molar-refractivity contribution < 1.29 is 23.0 Å². The average molecular weight is 406 g/mol. The Kier molecular flexibility index (Phi) is 5.39. The minimum absolute atomic E-state index is 0.0755. The quantitative estimate of drug-likeness (QED) is 0.441. The number of benzene rings is 3. The molecule has 30 heavy (non-hydrogen) atoms. The van der Waals surface area contributed by atoms with Gasteiger partial charge in [0, 0.05) is 11.6 Å². The van der Waals surface area contributed by atoms with E-state index in [0.29, 0.717) is 44.9 Å². The van der Waals surface area contributed by atoms with E-state index < -0.39 is 0 Å². The second-order valence-corrected chi connectivity index (χ2v) is 6.59. The number of fused-ring (bicyclic) bond motifs is 1. The Morgan fingerprint density at radius 3 is 2.50 bits per heavy atom. The molecule has 0 radical (unpaired) electrons. The highest BCUT2D eigenvalue weighted by Gasteiger charge is 2.13. The van der Waals surface area contributed by atoms with E-state index in [1.165, 1.54) is 19.4 Å². The molecule has 0 aliphatic rings. The van der Waals surface area contributed by atoms with Gasteiger partial charge in [-0.1, -0.05) is 24.3 Å². The SMILES string of the molecule is COc1ccc(-c2coc3cc(OCc4ccccc4F)ccc3c2=O)cc1OC. The van der Waals surface area contributed by atoms with Gasteiger partial charge in [-0.3, -0.25) is 4.79 Å². The van der Waals surface area contributed by atoms with Crippen molar-refractivity contribution >= 4 is 11.0 Å². The fraction of sp³-hybridized carbons (Fsp3) is 0.125. The molecule has 0 N–H and O–H groups in total. The van der Waals surface area contributed by atoms with Crippen molar-refractivity contribution in [1.29, 1.82) is 0 Å². The maximum Gasteiger partial charge on any atom is 0.200 e. The van der Waals surface area contributed by atoms with Crippen molar-refractivity contribution in [3.05, 3.63) is 88.5 Å². The number of rotatable bonds is 6. The van der Waals surface area contributed by atoms with Crippen LogP contribution in [-0.4, -0.2) is 14.2 Å². The lowest BCUT2D eigenvalue weighted by Crippen LogP contribution is -2.05. The zero-order chi connectivity index (χ0) is 21.1. The van der Waals surface area contributed by atoms with Crippen molar-refractivity contribution in [2.45, 2.75) is 6.61 Å². The highest BCUT2D eigenvalue weighted by atomic mass is 19.1. The van der Waals surface area contributed by atoms with Crippen LogP contribution in [0.5, 0.6) is 17.2 Å². The van der Waals surface area contributed by atoms with E-state index >= 15 is 0 Å². The molecule has 4 aromatic rings. The van der Waals surface area contributed by atoms with E-state index in [9.17, 15) is 9.18 Å². The molecule has 0 atom stereocenters. The van der Waals surface area contributed by atoms with Crippen molar-refractivity contribution in [1.82, 2.24) is 0 Å². The molecule has 0 saturated carbocycles. The fourth-order valence-corrected chi connectivity index (χ4v) is 3.18. The van der Waals surface area contributed by atoms with Crippen LogP contribution in [0.3, 0.4) is 0 Å². The summed E-state index contributed by atoms with van der Waals surface area (Å²) in [5.74, 6) is 1.24. The first kappa shape index (κ1) is 19.5. The Bertz CT molecular complexity index is 1260. The summed E-state index contributed by atoms with van der Waals surface area (Å²) in [7, 11) is 3.08. The van der Waals surface area contributed by atoms with Gasteiger partial charge < -0.3 is 18.6 Å². The van der Waals surface area contributed by atoms with Crippen LogP contribution in [0.2, 0.25) is 0 Å². The van der Waals surface area contributed by atoms with Gasteiger partial charge in [-0.2, -0.15) is 0 Å². The maximum absolute atomic E-state index is 13.7. The summed E-state index contributed by atoms with van der Waals surface area (Å²) in [6.45, 7) is 0.0755. The van der Waals surface area contributed by atoms with Crippen LogP contribution in [0.25, 0.3) is 22.1 Å². The molecular formula is C24H19FO5. The first-order chi connectivity index (χ1) is 14.6. The summed E-state index contributed by atoms with van der Waals surface area (Å²) in [5.41, 5.74) is 1.72. The summed E-state index contributed by atoms with van der Waals surface area (Å²) >= 11 is 0. The van der Waals surface area contributed by atoms with E-state index in [4.69, 9.17) is 18.6 Å². The minimum Gasteiger partial charge on any atom is -0.493 e. The van der Waals surface area contributed by atoms with Gasteiger partial charge in [-0.25, -0.2) is 4.39 Å². The standard InChI is InChI=1S/C24H19FO5/c1-27-21-10-7-15(11-23(21)28-2)19-14-30-22-12-17(8-9-18(22)24(19)26)29-13-16-5-3-4-6-20(16)25/h3-12,14H,13H2,1-2H3. The molecule has 152 valence electrons. The zero-order valence-electron chi connectivity index (χ0n) is 16.5. The van der Waals surface area contributed by atoms with Gasteiger partial charge in [0.1, 0.15) is 30.0 Å².